The Morgan fingerprint density at radius 2 is 1.77 bits per heavy atom. The standard InChI is InChI=1S/C23H17F6NO4S/c1-13-12-30(35(31,32)19-4-2-3-16(10-19)23(27,28)29)20-9-14(5-6-21(20)33-13)15-7-17(24)11-18(8-15)34-22(25)26/h2-11,13,22H,12H2,1H3. The van der Waals surface area contributed by atoms with Gasteiger partial charge in [-0.1, -0.05) is 12.1 Å². The number of fused-ring (bicyclic) bond motifs is 1. The van der Waals surface area contributed by atoms with Crippen LogP contribution in [0.1, 0.15) is 12.5 Å². The molecule has 1 unspecified atom stereocenters. The predicted molar refractivity (Wildman–Crippen MR) is 115 cm³/mol. The fraction of sp³-hybridized carbons (Fsp3) is 0.217. The molecule has 12 heteroatoms. The molecule has 5 nitrogen and oxygen atoms in total. The number of ether oxygens (including phenoxy) is 2. The van der Waals surface area contributed by atoms with E-state index in [0.717, 1.165) is 40.7 Å². The molecular weight excluding hydrogens is 500 g/mol. The van der Waals surface area contributed by atoms with E-state index in [9.17, 15) is 34.8 Å². The Kier molecular flexibility index (Phi) is 6.34. The van der Waals surface area contributed by atoms with Crippen LogP contribution in [0.3, 0.4) is 0 Å². The average Bonchev–Trinajstić information content (AvgIpc) is 2.77. The highest BCUT2D eigenvalue weighted by Gasteiger charge is 2.36. The number of rotatable bonds is 5. The second kappa shape index (κ2) is 8.99. The van der Waals surface area contributed by atoms with Gasteiger partial charge in [-0.2, -0.15) is 22.0 Å². The number of hydrogen-bond acceptors (Lipinski definition) is 4. The van der Waals surface area contributed by atoms with Gasteiger partial charge in [-0.15, -0.1) is 0 Å². The van der Waals surface area contributed by atoms with E-state index in [4.69, 9.17) is 4.74 Å². The SMILES string of the molecule is CC1CN(S(=O)(=O)c2cccc(C(F)(F)F)c2)c2cc(-c3cc(F)cc(OC(F)F)c3)ccc2O1. The van der Waals surface area contributed by atoms with E-state index in [-0.39, 0.29) is 29.1 Å². The summed E-state index contributed by atoms with van der Waals surface area (Å²) in [5.41, 5.74) is -0.776. The van der Waals surface area contributed by atoms with E-state index >= 15 is 0 Å². The summed E-state index contributed by atoms with van der Waals surface area (Å²) in [5.74, 6) is -1.18. The normalized spacial score (nSPS) is 16.1. The molecular formula is C23H17F6NO4S. The average molecular weight is 517 g/mol. The fourth-order valence-electron chi connectivity index (χ4n) is 3.67. The fourth-order valence-corrected chi connectivity index (χ4v) is 5.25. The highest BCUT2D eigenvalue weighted by molar-refractivity contribution is 7.92. The summed E-state index contributed by atoms with van der Waals surface area (Å²) in [6.45, 7) is -1.81. The number of hydrogen-bond donors (Lipinski definition) is 0. The van der Waals surface area contributed by atoms with Gasteiger partial charge in [-0.05, 0) is 60.5 Å². The van der Waals surface area contributed by atoms with Crippen molar-refractivity contribution in [1.82, 2.24) is 0 Å². The Balaban J connectivity index is 1.80. The summed E-state index contributed by atoms with van der Waals surface area (Å²) in [6, 6.07) is 10.5. The van der Waals surface area contributed by atoms with Crippen molar-refractivity contribution in [3.05, 3.63) is 72.0 Å². The Morgan fingerprint density at radius 1 is 1.03 bits per heavy atom. The van der Waals surface area contributed by atoms with Crippen molar-refractivity contribution < 1.29 is 44.2 Å². The maximum atomic E-state index is 14.0. The highest BCUT2D eigenvalue weighted by Crippen LogP contribution is 2.41. The van der Waals surface area contributed by atoms with Gasteiger partial charge < -0.3 is 9.47 Å². The van der Waals surface area contributed by atoms with Crippen molar-refractivity contribution in [2.45, 2.75) is 30.7 Å². The monoisotopic (exact) mass is 517 g/mol. The molecule has 0 bridgehead atoms. The zero-order chi connectivity index (χ0) is 25.5. The van der Waals surface area contributed by atoms with Crippen molar-refractivity contribution in [3.8, 4) is 22.6 Å². The van der Waals surface area contributed by atoms with Crippen LogP contribution in [0.4, 0.5) is 32.0 Å². The molecule has 0 fully saturated rings. The Morgan fingerprint density at radius 3 is 2.46 bits per heavy atom. The molecule has 1 aliphatic heterocycles. The quantitative estimate of drug-likeness (QED) is 0.385. The molecule has 4 rings (SSSR count). The third-order valence-electron chi connectivity index (χ3n) is 5.16. The molecule has 1 atom stereocenters. The summed E-state index contributed by atoms with van der Waals surface area (Å²) >= 11 is 0. The molecule has 0 saturated heterocycles. The number of benzene rings is 3. The van der Waals surface area contributed by atoms with Gasteiger partial charge in [-0.3, -0.25) is 4.31 Å². The number of alkyl halides is 5. The summed E-state index contributed by atoms with van der Waals surface area (Å²) in [6.07, 6.45) is -5.38. The van der Waals surface area contributed by atoms with Crippen LogP contribution in [0.2, 0.25) is 0 Å². The van der Waals surface area contributed by atoms with Gasteiger partial charge in [0, 0.05) is 6.07 Å². The molecule has 1 heterocycles. The molecule has 0 aromatic heterocycles. The second-order valence-electron chi connectivity index (χ2n) is 7.73. The third-order valence-corrected chi connectivity index (χ3v) is 6.93. The van der Waals surface area contributed by atoms with Crippen LogP contribution < -0.4 is 13.8 Å². The van der Waals surface area contributed by atoms with Crippen molar-refractivity contribution in [3.63, 3.8) is 0 Å². The second-order valence-corrected chi connectivity index (χ2v) is 9.59. The van der Waals surface area contributed by atoms with Gasteiger partial charge in [-0.25, -0.2) is 12.8 Å². The molecule has 0 amide bonds. The van der Waals surface area contributed by atoms with E-state index in [1.165, 1.54) is 18.2 Å². The first kappa shape index (κ1) is 24.7. The first-order valence-corrected chi connectivity index (χ1v) is 11.5. The van der Waals surface area contributed by atoms with Crippen LogP contribution in [-0.2, 0) is 16.2 Å². The molecule has 3 aromatic rings. The Hall–Kier alpha value is -3.41. The predicted octanol–water partition coefficient (Wildman–Crippen LogP) is 6.09. The minimum absolute atomic E-state index is 0.00130. The minimum Gasteiger partial charge on any atom is -0.487 e. The lowest BCUT2D eigenvalue weighted by molar-refractivity contribution is -0.137. The van der Waals surface area contributed by atoms with Gasteiger partial charge in [0.15, 0.2) is 0 Å². The molecule has 1 aliphatic rings. The van der Waals surface area contributed by atoms with Crippen LogP contribution in [0.5, 0.6) is 11.5 Å². The Bertz CT molecular complexity index is 1360. The molecule has 0 aliphatic carbocycles. The minimum atomic E-state index is -4.75. The van der Waals surface area contributed by atoms with Crippen LogP contribution in [0, 0.1) is 5.82 Å². The molecule has 35 heavy (non-hydrogen) atoms. The van der Waals surface area contributed by atoms with Gasteiger partial charge in [0.05, 0.1) is 22.7 Å². The van der Waals surface area contributed by atoms with Crippen molar-refractivity contribution in [1.29, 1.82) is 0 Å². The molecule has 0 radical (unpaired) electrons. The highest BCUT2D eigenvalue weighted by atomic mass is 32.2. The number of sulfonamides is 1. The van der Waals surface area contributed by atoms with Crippen molar-refractivity contribution >= 4 is 15.7 Å². The Labute approximate surface area is 196 Å². The zero-order valence-corrected chi connectivity index (χ0v) is 18.7. The smallest absolute Gasteiger partial charge is 0.416 e. The molecule has 186 valence electrons. The number of nitrogens with zero attached hydrogens (tertiary/aromatic N) is 1. The number of halogens is 6. The zero-order valence-electron chi connectivity index (χ0n) is 17.9. The van der Waals surface area contributed by atoms with E-state index in [2.05, 4.69) is 4.74 Å². The van der Waals surface area contributed by atoms with Gasteiger partial charge in [0.25, 0.3) is 10.0 Å². The van der Waals surface area contributed by atoms with Crippen LogP contribution in [-0.4, -0.2) is 27.7 Å². The summed E-state index contributed by atoms with van der Waals surface area (Å²) in [4.78, 5) is -0.573. The van der Waals surface area contributed by atoms with E-state index in [0.29, 0.717) is 6.07 Å². The maximum absolute atomic E-state index is 14.0. The molecule has 0 saturated carbocycles. The van der Waals surface area contributed by atoms with Gasteiger partial charge in [0.1, 0.15) is 23.4 Å². The molecule has 3 aromatic carbocycles. The summed E-state index contributed by atoms with van der Waals surface area (Å²) in [7, 11) is -4.47. The molecule has 0 N–H and O–H groups in total. The lowest BCUT2D eigenvalue weighted by atomic mass is 10.0. The first-order valence-electron chi connectivity index (χ1n) is 10.1. The summed E-state index contributed by atoms with van der Waals surface area (Å²) < 4.78 is 116. The number of anilines is 1. The van der Waals surface area contributed by atoms with E-state index in [1.807, 2.05) is 0 Å². The lowest BCUT2D eigenvalue weighted by Gasteiger charge is -2.34. The van der Waals surface area contributed by atoms with Gasteiger partial charge >= 0.3 is 12.8 Å². The topological polar surface area (TPSA) is 55.8 Å². The van der Waals surface area contributed by atoms with Crippen molar-refractivity contribution in [2.24, 2.45) is 0 Å². The van der Waals surface area contributed by atoms with E-state index in [1.54, 1.807) is 6.92 Å². The van der Waals surface area contributed by atoms with Crippen LogP contribution in [0.25, 0.3) is 11.1 Å². The third kappa shape index (κ3) is 5.16. The first-order chi connectivity index (χ1) is 16.3. The van der Waals surface area contributed by atoms with E-state index < -0.39 is 50.9 Å². The largest absolute Gasteiger partial charge is 0.487 e. The lowest BCUT2D eigenvalue weighted by Crippen LogP contribution is -2.42. The van der Waals surface area contributed by atoms with Crippen LogP contribution in [0.15, 0.2) is 65.6 Å². The van der Waals surface area contributed by atoms with Gasteiger partial charge in [0.2, 0.25) is 0 Å². The maximum Gasteiger partial charge on any atom is 0.416 e. The molecule has 0 spiro atoms. The summed E-state index contributed by atoms with van der Waals surface area (Å²) in [5, 5.41) is 0. The van der Waals surface area contributed by atoms with Crippen LogP contribution >= 0.6 is 0 Å². The van der Waals surface area contributed by atoms with Crippen molar-refractivity contribution in [2.75, 3.05) is 10.8 Å².